The van der Waals surface area contributed by atoms with Gasteiger partial charge in [-0.15, -0.1) is 0 Å². The highest BCUT2D eigenvalue weighted by Crippen LogP contribution is 2.63. The van der Waals surface area contributed by atoms with E-state index in [4.69, 9.17) is 6.58 Å². The van der Waals surface area contributed by atoms with Crippen LogP contribution in [0.4, 0.5) is 0 Å². The SMILES string of the molecule is C=C(/C1=C(NC)/C=C/CCCC1C)c1cc(-c2c(-c3ccccc3)cc(-c3ccccc3)cc2-c2ccccc2)cc(-c2c(C)ccc3c2C2CC2CC2C=C32)c1C.CC. The molecular weight excluding hydrogens is 723 g/mol. The second kappa shape index (κ2) is 16.6. The molecule has 0 aromatic heterocycles. The van der Waals surface area contributed by atoms with Gasteiger partial charge in [-0.05, 0) is 194 Å². The minimum absolute atomic E-state index is 0.372. The molecular formula is C59H59N. The van der Waals surface area contributed by atoms with E-state index in [0.29, 0.717) is 17.8 Å². The number of allylic oxidation sites excluding steroid dienone is 6. The molecule has 6 aromatic rings. The van der Waals surface area contributed by atoms with Crippen LogP contribution in [0.25, 0.3) is 66.8 Å². The van der Waals surface area contributed by atoms with Crippen molar-refractivity contribution in [2.45, 2.75) is 72.6 Å². The molecule has 60 heavy (non-hydrogen) atoms. The van der Waals surface area contributed by atoms with E-state index in [1.54, 1.807) is 11.1 Å². The van der Waals surface area contributed by atoms with Crippen molar-refractivity contribution in [3.05, 3.63) is 191 Å². The Morgan fingerprint density at radius 1 is 0.650 bits per heavy atom. The number of rotatable bonds is 8. The maximum absolute atomic E-state index is 5.04. The van der Waals surface area contributed by atoms with E-state index in [1.165, 1.54) is 108 Å². The van der Waals surface area contributed by atoms with E-state index in [2.05, 4.69) is 179 Å². The number of nitrogens with one attached hydrogen (secondary N) is 1. The van der Waals surface area contributed by atoms with Gasteiger partial charge in [0.25, 0.3) is 0 Å². The Morgan fingerprint density at radius 3 is 1.90 bits per heavy atom. The molecule has 4 aliphatic rings. The van der Waals surface area contributed by atoms with Crippen LogP contribution in [0.5, 0.6) is 0 Å². The van der Waals surface area contributed by atoms with Crippen molar-refractivity contribution in [1.29, 1.82) is 0 Å². The van der Waals surface area contributed by atoms with Gasteiger partial charge >= 0.3 is 0 Å². The smallest absolute Gasteiger partial charge is 0.0375 e. The number of hydrogen-bond donors (Lipinski definition) is 1. The van der Waals surface area contributed by atoms with Gasteiger partial charge in [0.15, 0.2) is 0 Å². The lowest BCUT2D eigenvalue weighted by atomic mass is 9.77. The Balaban J connectivity index is 0.00000228. The molecule has 0 spiro atoms. The molecule has 4 atom stereocenters. The summed E-state index contributed by atoms with van der Waals surface area (Å²) < 4.78 is 0. The van der Waals surface area contributed by atoms with E-state index in [1.807, 2.05) is 13.8 Å². The predicted molar refractivity (Wildman–Crippen MR) is 259 cm³/mol. The lowest BCUT2D eigenvalue weighted by Crippen LogP contribution is -2.15. The zero-order chi connectivity index (χ0) is 41.5. The van der Waals surface area contributed by atoms with Crippen LogP contribution in [-0.2, 0) is 0 Å². The van der Waals surface area contributed by atoms with E-state index in [-0.39, 0.29) is 0 Å². The summed E-state index contributed by atoms with van der Waals surface area (Å²) in [4.78, 5) is 0. The molecule has 1 saturated carbocycles. The van der Waals surface area contributed by atoms with Crippen LogP contribution < -0.4 is 5.32 Å². The summed E-state index contributed by atoms with van der Waals surface area (Å²) in [5, 5.41) is 3.60. The van der Waals surface area contributed by atoms with Gasteiger partial charge in [-0.25, -0.2) is 0 Å². The molecule has 1 nitrogen and oxygen atoms in total. The van der Waals surface area contributed by atoms with Crippen molar-refractivity contribution in [3.63, 3.8) is 0 Å². The molecule has 0 aliphatic heterocycles. The second-order valence-corrected chi connectivity index (χ2v) is 17.3. The van der Waals surface area contributed by atoms with E-state index < -0.39 is 0 Å². The number of aryl methyl sites for hydroxylation is 1. The molecule has 0 saturated heterocycles. The molecule has 0 bridgehead atoms. The first-order valence-electron chi connectivity index (χ1n) is 22.5. The van der Waals surface area contributed by atoms with Crippen LogP contribution in [0.2, 0.25) is 0 Å². The van der Waals surface area contributed by atoms with Gasteiger partial charge in [0.05, 0.1) is 0 Å². The lowest BCUT2D eigenvalue weighted by Gasteiger charge is -2.27. The Hall–Kier alpha value is -5.92. The first-order chi connectivity index (χ1) is 29.4. The Kier molecular flexibility index (Phi) is 10.9. The van der Waals surface area contributed by atoms with Crippen LogP contribution in [0.15, 0.2) is 163 Å². The molecule has 300 valence electrons. The molecule has 1 heteroatoms. The van der Waals surface area contributed by atoms with Crippen molar-refractivity contribution in [3.8, 4) is 55.6 Å². The number of likely N-dealkylation sites (N-methyl/N-ethyl adjacent to an activating group) is 1. The number of benzene rings is 6. The van der Waals surface area contributed by atoms with Crippen LogP contribution in [0.1, 0.15) is 86.6 Å². The first kappa shape index (κ1) is 39.5. The Morgan fingerprint density at radius 2 is 1.27 bits per heavy atom. The van der Waals surface area contributed by atoms with Crippen LogP contribution in [-0.4, -0.2) is 7.05 Å². The largest absolute Gasteiger partial charge is 0.388 e. The third kappa shape index (κ3) is 7.23. The molecule has 0 radical (unpaired) electrons. The minimum Gasteiger partial charge on any atom is -0.388 e. The molecule has 10 rings (SSSR count). The fourth-order valence-electron chi connectivity index (χ4n) is 10.5. The average Bonchev–Trinajstić information content (AvgIpc) is 4.23. The highest BCUT2D eigenvalue weighted by atomic mass is 14.8. The monoisotopic (exact) mass is 781 g/mol. The third-order valence-corrected chi connectivity index (χ3v) is 13.7. The summed E-state index contributed by atoms with van der Waals surface area (Å²) >= 11 is 0. The van der Waals surface area contributed by atoms with Gasteiger partial charge in [0.2, 0.25) is 0 Å². The zero-order valence-corrected chi connectivity index (χ0v) is 36.4. The van der Waals surface area contributed by atoms with Gasteiger partial charge in [0.1, 0.15) is 0 Å². The van der Waals surface area contributed by atoms with Gasteiger partial charge < -0.3 is 5.32 Å². The van der Waals surface area contributed by atoms with Crippen molar-refractivity contribution in [2.24, 2.45) is 17.8 Å². The number of hydrogen-bond acceptors (Lipinski definition) is 1. The zero-order valence-electron chi connectivity index (χ0n) is 36.4. The summed E-state index contributed by atoms with van der Waals surface area (Å²) in [6.45, 7) is 16.2. The van der Waals surface area contributed by atoms with Crippen molar-refractivity contribution in [2.75, 3.05) is 7.05 Å². The fourth-order valence-corrected chi connectivity index (χ4v) is 10.5. The first-order valence-corrected chi connectivity index (χ1v) is 22.5. The lowest BCUT2D eigenvalue weighted by molar-refractivity contribution is 0.585. The topological polar surface area (TPSA) is 12.0 Å². The Bertz CT molecular complexity index is 2610. The van der Waals surface area contributed by atoms with Gasteiger partial charge in [0, 0.05) is 18.7 Å². The minimum atomic E-state index is 0.372. The molecule has 1 fully saturated rings. The fraction of sp³-hybridized carbons (Fsp3) is 0.254. The number of fused-ring (bicyclic) bond motifs is 5. The maximum atomic E-state index is 5.04. The average molecular weight is 782 g/mol. The summed E-state index contributed by atoms with van der Waals surface area (Å²) in [6, 6.07) is 47.7. The van der Waals surface area contributed by atoms with Crippen molar-refractivity contribution in [1.82, 2.24) is 5.32 Å². The van der Waals surface area contributed by atoms with Crippen LogP contribution in [0.3, 0.4) is 0 Å². The molecule has 1 N–H and O–H groups in total. The summed E-state index contributed by atoms with van der Waals surface area (Å²) in [6.07, 6.45) is 13.2. The molecule has 4 aliphatic carbocycles. The van der Waals surface area contributed by atoms with E-state index >= 15 is 0 Å². The standard InChI is InChI=1S/C57H53N.C2H6/c1-35-18-10-6-17-25-53(58-5)54(35)38(4)47-33-45(34-48(37(47)3)55-36(2)26-27-46-49-31-43(49)28-44-32-52(44)57(46)55)56-50(40-21-13-8-14-22-40)29-42(39-19-11-7-12-20-39)30-51(56)41-23-15-9-16-24-41;1-2/h7-9,11-17,19-27,29-31,33-35,43-44,52,58H,4,6,10,18,28,32H2,1-3,5H3;1-2H3/b25-17+,54-53-;. The van der Waals surface area contributed by atoms with Gasteiger partial charge in [-0.2, -0.15) is 0 Å². The van der Waals surface area contributed by atoms with Gasteiger partial charge in [-0.3, -0.25) is 0 Å². The second-order valence-electron chi connectivity index (χ2n) is 17.3. The van der Waals surface area contributed by atoms with E-state index in [0.717, 1.165) is 24.3 Å². The van der Waals surface area contributed by atoms with Crippen molar-refractivity contribution >= 4 is 11.1 Å². The van der Waals surface area contributed by atoms with E-state index in [9.17, 15) is 0 Å². The summed E-state index contributed by atoms with van der Waals surface area (Å²) in [7, 11) is 2.07. The summed E-state index contributed by atoms with van der Waals surface area (Å²) in [5.74, 6) is 2.45. The Labute approximate surface area is 359 Å². The molecule has 6 aromatic carbocycles. The highest BCUT2D eigenvalue weighted by molar-refractivity contribution is 6.01. The van der Waals surface area contributed by atoms with Crippen LogP contribution >= 0.6 is 0 Å². The predicted octanol–water partition coefficient (Wildman–Crippen LogP) is 16.0. The third-order valence-electron chi connectivity index (χ3n) is 13.7. The molecule has 0 amide bonds. The quantitative estimate of drug-likeness (QED) is 0.162. The van der Waals surface area contributed by atoms with Gasteiger partial charge in [-0.1, -0.05) is 143 Å². The maximum Gasteiger partial charge on any atom is 0.0375 e. The molecule has 4 unspecified atom stereocenters. The highest BCUT2D eigenvalue weighted by Gasteiger charge is 2.49. The normalized spacial score (nSPS) is 21.6. The molecule has 0 heterocycles. The summed E-state index contributed by atoms with van der Waals surface area (Å²) in [5.41, 5.74) is 24.9. The van der Waals surface area contributed by atoms with Crippen LogP contribution in [0, 0.1) is 31.6 Å². The van der Waals surface area contributed by atoms with Crippen molar-refractivity contribution < 1.29 is 0 Å².